The van der Waals surface area contributed by atoms with E-state index in [0.717, 1.165) is 22.5 Å². The van der Waals surface area contributed by atoms with E-state index in [2.05, 4.69) is 15.6 Å². The highest BCUT2D eigenvalue weighted by Crippen LogP contribution is 2.16. The van der Waals surface area contributed by atoms with Crippen LogP contribution in [0.2, 0.25) is 0 Å². The first kappa shape index (κ1) is 14.0. The minimum atomic E-state index is -0.0727. The molecule has 0 saturated heterocycles. The van der Waals surface area contributed by atoms with Gasteiger partial charge in [-0.25, -0.2) is 4.68 Å². The Hall–Kier alpha value is -2.95. The molecular weight excluding hydrogens is 276 g/mol. The zero-order valence-electron chi connectivity index (χ0n) is 12.2. The normalized spacial score (nSPS) is 10.4. The summed E-state index contributed by atoms with van der Waals surface area (Å²) in [7, 11) is 0. The topological polar surface area (TPSA) is 59.8 Å². The second-order valence-electron chi connectivity index (χ2n) is 5.05. The molecule has 1 heterocycles. The number of hydrogen-bond acceptors (Lipinski definition) is 3. The van der Waals surface area contributed by atoms with E-state index in [1.54, 1.807) is 4.68 Å². The van der Waals surface area contributed by atoms with E-state index in [1.807, 2.05) is 60.8 Å². The number of aromatic nitrogens is 3. The van der Waals surface area contributed by atoms with E-state index in [4.69, 9.17) is 0 Å². The van der Waals surface area contributed by atoms with Crippen molar-refractivity contribution in [1.82, 2.24) is 15.0 Å². The van der Waals surface area contributed by atoms with Crippen molar-refractivity contribution in [3.05, 3.63) is 66.4 Å². The highest BCUT2D eigenvalue weighted by molar-refractivity contribution is 5.88. The van der Waals surface area contributed by atoms with Crippen LogP contribution in [0.3, 0.4) is 0 Å². The minimum absolute atomic E-state index is 0.0727. The summed E-state index contributed by atoms with van der Waals surface area (Å²) in [6, 6.07) is 17.7. The Morgan fingerprint density at radius 1 is 1.09 bits per heavy atom. The van der Waals surface area contributed by atoms with E-state index >= 15 is 0 Å². The molecule has 0 spiro atoms. The van der Waals surface area contributed by atoms with Gasteiger partial charge in [0.05, 0.1) is 12.7 Å². The van der Waals surface area contributed by atoms with Crippen molar-refractivity contribution in [2.45, 2.75) is 13.5 Å². The lowest BCUT2D eigenvalue weighted by Crippen LogP contribution is -2.06. The molecule has 0 saturated carbocycles. The lowest BCUT2D eigenvalue weighted by atomic mass is 10.2. The highest BCUT2D eigenvalue weighted by Gasteiger charge is 2.04. The van der Waals surface area contributed by atoms with E-state index in [-0.39, 0.29) is 5.91 Å². The predicted octanol–water partition coefficient (Wildman–Crippen LogP) is 2.95. The van der Waals surface area contributed by atoms with Gasteiger partial charge in [-0.2, -0.15) is 0 Å². The fourth-order valence-corrected chi connectivity index (χ4v) is 2.20. The van der Waals surface area contributed by atoms with Gasteiger partial charge in [-0.15, -0.1) is 5.10 Å². The van der Waals surface area contributed by atoms with Gasteiger partial charge in [0, 0.05) is 18.2 Å². The number of nitrogens with zero attached hydrogens (tertiary/aromatic N) is 3. The first-order chi connectivity index (χ1) is 10.7. The first-order valence-corrected chi connectivity index (χ1v) is 7.03. The Morgan fingerprint density at radius 3 is 2.50 bits per heavy atom. The molecule has 0 radical (unpaired) electrons. The maximum absolute atomic E-state index is 11.0. The maximum atomic E-state index is 11.0. The number of benzene rings is 2. The molecule has 1 aromatic heterocycles. The molecule has 1 amide bonds. The van der Waals surface area contributed by atoms with Crippen molar-refractivity contribution in [2.75, 3.05) is 5.32 Å². The summed E-state index contributed by atoms with van der Waals surface area (Å²) in [5.41, 5.74) is 3.80. The van der Waals surface area contributed by atoms with E-state index < -0.39 is 0 Å². The third-order valence-corrected chi connectivity index (χ3v) is 3.23. The van der Waals surface area contributed by atoms with E-state index in [9.17, 15) is 4.79 Å². The van der Waals surface area contributed by atoms with Crippen molar-refractivity contribution >= 4 is 11.6 Å². The second-order valence-corrected chi connectivity index (χ2v) is 5.05. The Bertz CT molecular complexity index is 763. The van der Waals surface area contributed by atoms with Crippen LogP contribution >= 0.6 is 0 Å². The lowest BCUT2D eigenvalue weighted by Gasteiger charge is -2.04. The van der Waals surface area contributed by atoms with Gasteiger partial charge in [0.2, 0.25) is 5.91 Å². The molecule has 0 aliphatic heterocycles. The van der Waals surface area contributed by atoms with Crippen LogP contribution in [0.4, 0.5) is 5.69 Å². The van der Waals surface area contributed by atoms with Crippen molar-refractivity contribution in [1.29, 1.82) is 0 Å². The Balaban J connectivity index is 1.71. The molecule has 0 bridgehead atoms. The van der Waals surface area contributed by atoms with Crippen LogP contribution in [-0.2, 0) is 11.3 Å². The summed E-state index contributed by atoms with van der Waals surface area (Å²) < 4.78 is 1.80. The number of nitrogens with one attached hydrogen (secondary N) is 1. The smallest absolute Gasteiger partial charge is 0.221 e. The molecule has 0 unspecified atom stereocenters. The van der Waals surface area contributed by atoms with Gasteiger partial charge in [-0.3, -0.25) is 4.79 Å². The fourth-order valence-electron chi connectivity index (χ4n) is 2.20. The minimum Gasteiger partial charge on any atom is -0.326 e. The van der Waals surface area contributed by atoms with Gasteiger partial charge in [0.25, 0.3) is 0 Å². The number of hydrogen-bond donors (Lipinski definition) is 1. The zero-order chi connectivity index (χ0) is 15.4. The average Bonchev–Trinajstić information content (AvgIpc) is 2.98. The molecule has 3 aromatic rings. The summed E-state index contributed by atoms with van der Waals surface area (Å²) in [6.45, 7) is 2.13. The molecule has 1 N–H and O–H groups in total. The van der Waals surface area contributed by atoms with Crippen LogP contribution in [0.25, 0.3) is 11.3 Å². The number of carbonyl (C=O) groups excluding carboxylic acids is 1. The molecule has 0 aliphatic carbocycles. The molecule has 3 rings (SSSR count). The number of amides is 1. The first-order valence-electron chi connectivity index (χ1n) is 7.03. The predicted molar refractivity (Wildman–Crippen MR) is 85.3 cm³/mol. The summed E-state index contributed by atoms with van der Waals surface area (Å²) in [4.78, 5) is 11.0. The largest absolute Gasteiger partial charge is 0.326 e. The second kappa shape index (κ2) is 6.22. The van der Waals surface area contributed by atoms with Gasteiger partial charge in [0.1, 0.15) is 5.69 Å². The van der Waals surface area contributed by atoms with Crippen LogP contribution in [0.15, 0.2) is 60.8 Å². The summed E-state index contributed by atoms with van der Waals surface area (Å²) in [5.74, 6) is -0.0727. The van der Waals surface area contributed by atoms with Gasteiger partial charge in [0.15, 0.2) is 0 Å². The van der Waals surface area contributed by atoms with Gasteiger partial charge in [-0.1, -0.05) is 47.7 Å². The third kappa shape index (κ3) is 3.38. The molecule has 0 aliphatic rings. The van der Waals surface area contributed by atoms with Crippen LogP contribution in [0, 0.1) is 0 Å². The third-order valence-electron chi connectivity index (χ3n) is 3.23. The molecule has 5 nitrogen and oxygen atoms in total. The fraction of sp³-hybridized carbons (Fsp3) is 0.118. The quantitative estimate of drug-likeness (QED) is 0.804. The molecule has 5 heteroatoms. The summed E-state index contributed by atoms with van der Waals surface area (Å²) in [5, 5.41) is 11.1. The molecular formula is C17H16N4O. The SMILES string of the molecule is CC(=O)Nc1ccc(Cn2cc(-c3ccccc3)nn2)cc1. The molecule has 2 aromatic carbocycles. The van der Waals surface area contributed by atoms with Gasteiger partial charge in [-0.05, 0) is 17.7 Å². The van der Waals surface area contributed by atoms with Crippen LogP contribution in [0.1, 0.15) is 12.5 Å². The van der Waals surface area contributed by atoms with Crippen LogP contribution in [0.5, 0.6) is 0 Å². The Kier molecular flexibility index (Phi) is 3.96. The highest BCUT2D eigenvalue weighted by atomic mass is 16.1. The average molecular weight is 292 g/mol. The van der Waals surface area contributed by atoms with Crippen molar-refractivity contribution < 1.29 is 4.79 Å². The maximum Gasteiger partial charge on any atom is 0.221 e. The monoisotopic (exact) mass is 292 g/mol. The van der Waals surface area contributed by atoms with Gasteiger partial charge < -0.3 is 5.32 Å². The standard InChI is InChI=1S/C17H16N4O/c1-13(22)18-16-9-7-14(8-10-16)11-21-12-17(19-20-21)15-5-3-2-4-6-15/h2-10,12H,11H2,1H3,(H,18,22). The number of rotatable bonds is 4. The molecule has 22 heavy (non-hydrogen) atoms. The summed E-state index contributed by atoms with van der Waals surface area (Å²) >= 11 is 0. The Morgan fingerprint density at radius 2 is 1.82 bits per heavy atom. The van der Waals surface area contributed by atoms with Crippen molar-refractivity contribution in [3.63, 3.8) is 0 Å². The molecule has 110 valence electrons. The lowest BCUT2D eigenvalue weighted by molar-refractivity contribution is -0.114. The zero-order valence-corrected chi connectivity index (χ0v) is 12.2. The molecule has 0 fully saturated rings. The molecule has 0 atom stereocenters. The van der Waals surface area contributed by atoms with Crippen molar-refractivity contribution in [3.8, 4) is 11.3 Å². The number of anilines is 1. The van der Waals surface area contributed by atoms with Crippen LogP contribution < -0.4 is 5.32 Å². The number of carbonyl (C=O) groups is 1. The van der Waals surface area contributed by atoms with E-state index in [1.165, 1.54) is 6.92 Å². The van der Waals surface area contributed by atoms with Crippen LogP contribution in [-0.4, -0.2) is 20.9 Å². The van der Waals surface area contributed by atoms with E-state index in [0.29, 0.717) is 6.54 Å². The summed E-state index contributed by atoms with van der Waals surface area (Å²) in [6.07, 6.45) is 1.93. The van der Waals surface area contributed by atoms with Crippen molar-refractivity contribution in [2.24, 2.45) is 0 Å². The van der Waals surface area contributed by atoms with Gasteiger partial charge >= 0.3 is 0 Å². The Labute approximate surface area is 128 Å².